The Morgan fingerprint density at radius 1 is 1.00 bits per heavy atom. The first-order valence-electron chi connectivity index (χ1n) is 14.1. The first kappa shape index (κ1) is 28.8. The highest BCUT2D eigenvalue weighted by atomic mass is 32.2. The smallest absolute Gasteiger partial charge is 0.267 e. The molecule has 2 saturated heterocycles. The van der Waals surface area contributed by atoms with E-state index in [0.717, 1.165) is 18.4 Å². The molecule has 2 aliphatic heterocycles. The molecule has 2 aliphatic rings. The van der Waals surface area contributed by atoms with E-state index in [0.29, 0.717) is 59.1 Å². The van der Waals surface area contributed by atoms with Crippen molar-refractivity contribution in [2.75, 3.05) is 37.7 Å². The number of anilines is 1. The summed E-state index contributed by atoms with van der Waals surface area (Å²) in [5, 5.41) is 0. The largest absolute Gasteiger partial charge is 0.378 e. The lowest BCUT2D eigenvalue weighted by atomic mass is 10.1. The lowest BCUT2D eigenvalue weighted by Crippen LogP contribution is -2.38. The zero-order valence-electron chi connectivity index (χ0n) is 22.7. The molecule has 2 aromatic rings. The number of amides is 1. The van der Waals surface area contributed by atoms with Crippen LogP contribution in [0, 0.1) is 6.92 Å². The maximum absolute atomic E-state index is 13.6. The molecular formula is C29H40N4O3S2. The fraction of sp³-hybridized carbons (Fsp3) is 0.586. The zero-order valence-corrected chi connectivity index (χ0v) is 24.4. The van der Waals surface area contributed by atoms with Crippen molar-refractivity contribution in [2.45, 2.75) is 78.1 Å². The Balaban J connectivity index is 1.43. The summed E-state index contributed by atoms with van der Waals surface area (Å²) >= 11 is 6.85. The van der Waals surface area contributed by atoms with Gasteiger partial charge in [-0.05, 0) is 31.1 Å². The second-order valence-corrected chi connectivity index (χ2v) is 11.9. The summed E-state index contributed by atoms with van der Waals surface area (Å²) in [5.41, 5.74) is 1.80. The van der Waals surface area contributed by atoms with E-state index in [2.05, 4.69) is 11.8 Å². The SMILES string of the molecule is CCCCCCCCCCCCN1C(=O)/C(=C\c2c(N3CCOCC3)nc3ccc(C)cn3c2=O)SC1=S. The van der Waals surface area contributed by atoms with E-state index in [4.69, 9.17) is 21.9 Å². The molecule has 4 rings (SSSR count). The summed E-state index contributed by atoms with van der Waals surface area (Å²) in [5.74, 6) is 0.486. The topological polar surface area (TPSA) is 67.2 Å². The molecular weight excluding hydrogens is 516 g/mol. The molecule has 7 nitrogen and oxygen atoms in total. The number of morpholine rings is 1. The maximum atomic E-state index is 13.6. The van der Waals surface area contributed by atoms with Gasteiger partial charge in [0.1, 0.15) is 15.8 Å². The minimum absolute atomic E-state index is 0.113. The van der Waals surface area contributed by atoms with Crippen LogP contribution >= 0.6 is 24.0 Å². The Hall–Kier alpha value is -2.23. The van der Waals surface area contributed by atoms with E-state index in [-0.39, 0.29) is 11.5 Å². The number of hydrogen-bond donors (Lipinski definition) is 0. The molecule has 0 N–H and O–H groups in total. The van der Waals surface area contributed by atoms with Crippen molar-refractivity contribution in [3.05, 3.63) is 44.7 Å². The number of carbonyl (C=O) groups is 1. The molecule has 0 bridgehead atoms. The minimum atomic E-state index is -0.180. The lowest BCUT2D eigenvalue weighted by Gasteiger charge is -2.29. The number of rotatable bonds is 13. The first-order valence-corrected chi connectivity index (χ1v) is 15.3. The molecule has 206 valence electrons. The van der Waals surface area contributed by atoms with Gasteiger partial charge in [-0.3, -0.25) is 18.9 Å². The number of thioether (sulfide) groups is 1. The average Bonchev–Trinajstić information content (AvgIpc) is 3.19. The molecule has 38 heavy (non-hydrogen) atoms. The fourth-order valence-electron chi connectivity index (χ4n) is 4.97. The van der Waals surface area contributed by atoms with Crippen molar-refractivity contribution in [3.63, 3.8) is 0 Å². The van der Waals surface area contributed by atoms with Crippen LogP contribution in [0.2, 0.25) is 0 Å². The van der Waals surface area contributed by atoms with Crippen LogP contribution in [0.25, 0.3) is 11.7 Å². The number of thiocarbonyl (C=S) groups is 1. The van der Waals surface area contributed by atoms with Crippen LogP contribution in [0.3, 0.4) is 0 Å². The van der Waals surface area contributed by atoms with Crippen LogP contribution in [0.5, 0.6) is 0 Å². The molecule has 2 aromatic heterocycles. The number of fused-ring (bicyclic) bond motifs is 1. The van der Waals surface area contributed by atoms with Crippen LogP contribution in [0.15, 0.2) is 28.0 Å². The number of unbranched alkanes of at least 4 members (excludes halogenated alkanes) is 9. The van der Waals surface area contributed by atoms with Gasteiger partial charge in [0.05, 0.1) is 23.7 Å². The molecule has 0 unspecified atom stereocenters. The van der Waals surface area contributed by atoms with Gasteiger partial charge < -0.3 is 9.64 Å². The Labute approximate surface area is 235 Å². The molecule has 9 heteroatoms. The molecule has 0 aliphatic carbocycles. The van der Waals surface area contributed by atoms with Crippen LogP contribution in [0.1, 0.15) is 82.3 Å². The van der Waals surface area contributed by atoms with Crippen molar-refractivity contribution in [2.24, 2.45) is 0 Å². The van der Waals surface area contributed by atoms with E-state index in [1.807, 2.05) is 19.1 Å². The summed E-state index contributed by atoms with van der Waals surface area (Å²) in [4.78, 5) is 36.0. The Morgan fingerprint density at radius 2 is 1.66 bits per heavy atom. The van der Waals surface area contributed by atoms with Crippen molar-refractivity contribution in [3.8, 4) is 0 Å². The van der Waals surface area contributed by atoms with Crippen LogP contribution in [0.4, 0.5) is 5.82 Å². The summed E-state index contributed by atoms with van der Waals surface area (Å²) in [6.07, 6.45) is 15.9. The number of nitrogens with zero attached hydrogens (tertiary/aromatic N) is 4. The third-order valence-electron chi connectivity index (χ3n) is 7.18. The highest BCUT2D eigenvalue weighted by Crippen LogP contribution is 2.34. The summed E-state index contributed by atoms with van der Waals surface area (Å²) in [7, 11) is 0. The van der Waals surface area contributed by atoms with Gasteiger partial charge in [0.15, 0.2) is 0 Å². The van der Waals surface area contributed by atoms with Crippen molar-refractivity contribution < 1.29 is 9.53 Å². The number of carbonyl (C=O) groups excluding carboxylic acids is 1. The van der Waals surface area contributed by atoms with Gasteiger partial charge >= 0.3 is 0 Å². The maximum Gasteiger partial charge on any atom is 0.267 e. The Bertz CT molecular complexity index is 1220. The fourth-order valence-corrected chi connectivity index (χ4v) is 6.26. The molecule has 0 spiro atoms. The first-order chi connectivity index (χ1) is 18.5. The Morgan fingerprint density at radius 3 is 2.34 bits per heavy atom. The molecule has 1 amide bonds. The standard InChI is InChI=1S/C29H40N4O3S2/c1-3-4-5-6-7-8-9-10-11-12-15-32-28(35)24(38-29(32)37)20-23-26(31-16-18-36-19-17-31)30-25-14-13-22(2)21-33(25)27(23)34/h13-14,20-21H,3-12,15-19H2,1-2H3/b24-20+. The monoisotopic (exact) mass is 556 g/mol. The number of ether oxygens (including phenoxy) is 1. The quantitative estimate of drug-likeness (QED) is 0.171. The van der Waals surface area contributed by atoms with E-state index < -0.39 is 0 Å². The molecule has 0 aromatic carbocycles. The van der Waals surface area contributed by atoms with E-state index in [1.54, 1.807) is 21.6 Å². The number of pyridine rings is 1. The third-order valence-corrected chi connectivity index (χ3v) is 8.56. The second kappa shape index (κ2) is 14.2. The predicted molar refractivity (Wildman–Crippen MR) is 161 cm³/mol. The molecule has 0 radical (unpaired) electrons. The van der Waals surface area contributed by atoms with Gasteiger partial charge in [-0.15, -0.1) is 0 Å². The van der Waals surface area contributed by atoms with Gasteiger partial charge in [-0.1, -0.05) is 94.8 Å². The van der Waals surface area contributed by atoms with Gasteiger partial charge in [-0.25, -0.2) is 4.98 Å². The number of hydrogen-bond acceptors (Lipinski definition) is 7. The van der Waals surface area contributed by atoms with E-state index >= 15 is 0 Å². The average molecular weight is 557 g/mol. The van der Waals surface area contributed by atoms with Gasteiger partial charge in [0.2, 0.25) is 0 Å². The van der Waals surface area contributed by atoms with Crippen molar-refractivity contribution >= 4 is 51.7 Å². The van der Waals surface area contributed by atoms with Gasteiger partial charge in [0, 0.05) is 25.8 Å². The number of aryl methyl sites for hydroxylation is 1. The molecule has 0 atom stereocenters. The van der Waals surface area contributed by atoms with Gasteiger partial charge in [0.25, 0.3) is 11.5 Å². The van der Waals surface area contributed by atoms with Crippen molar-refractivity contribution in [1.29, 1.82) is 0 Å². The number of aromatic nitrogens is 2. The third kappa shape index (κ3) is 7.24. The highest BCUT2D eigenvalue weighted by molar-refractivity contribution is 8.26. The van der Waals surface area contributed by atoms with Crippen LogP contribution in [-0.2, 0) is 9.53 Å². The zero-order chi connectivity index (χ0) is 26.9. The minimum Gasteiger partial charge on any atom is -0.378 e. The summed E-state index contributed by atoms with van der Waals surface area (Å²) in [6.45, 7) is 7.27. The summed E-state index contributed by atoms with van der Waals surface area (Å²) in [6, 6.07) is 3.81. The van der Waals surface area contributed by atoms with E-state index in [9.17, 15) is 9.59 Å². The van der Waals surface area contributed by atoms with Crippen molar-refractivity contribution in [1.82, 2.24) is 14.3 Å². The summed E-state index contributed by atoms with van der Waals surface area (Å²) < 4.78 is 7.64. The molecule has 4 heterocycles. The Kier molecular flexibility index (Phi) is 10.8. The molecule has 0 saturated carbocycles. The second-order valence-electron chi connectivity index (χ2n) is 10.2. The van der Waals surface area contributed by atoms with Crippen LogP contribution in [-0.4, -0.2) is 57.4 Å². The van der Waals surface area contributed by atoms with Gasteiger partial charge in [-0.2, -0.15) is 0 Å². The highest BCUT2D eigenvalue weighted by Gasteiger charge is 2.32. The normalized spacial score (nSPS) is 17.4. The van der Waals surface area contributed by atoms with Crippen LogP contribution < -0.4 is 10.5 Å². The van der Waals surface area contributed by atoms with E-state index in [1.165, 1.54) is 63.1 Å². The lowest BCUT2D eigenvalue weighted by molar-refractivity contribution is -0.122. The predicted octanol–water partition coefficient (Wildman–Crippen LogP) is 5.96. The molecule has 2 fully saturated rings.